The summed E-state index contributed by atoms with van der Waals surface area (Å²) in [5, 5.41) is 9.06. The monoisotopic (exact) mass is 339 g/mol. The Bertz CT molecular complexity index is 254. The van der Waals surface area contributed by atoms with E-state index in [4.69, 9.17) is 5.11 Å². The average molecular weight is 340 g/mol. The standard InChI is InChI=1S/C10H17F6NO.Ni/c1-6(2)17(7(3)4)5-8(18,9(11,12)13)10(14,15)16;/h6-7,18H,5H2,1-4H3;. The molecular weight excluding hydrogens is 323 g/mol. The molecule has 9 heteroatoms. The Morgan fingerprint density at radius 1 is 0.842 bits per heavy atom. The van der Waals surface area contributed by atoms with Crippen LogP contribution in [-0.4, -0.2) is 46.6 Å². The summed E-state index contributed by atoms with van der Waals surface area (Å²) >= 11 is 0. The molecule has 120 valence electrons. The first-order valence-electron chi connectivity index (χ1n) is 5.35. The third-order valence-electron chi connectivity index (χ3n) is 2.68. The Kier molecular flexibility index (Phi) is 7.43. The fourth-order valence-electron chi connectivity index (χ4n) is 1.57. The largest absolute Gasteiger partial charge is 0.427 e. The molecule has 0 radical (unpaired) electrons. The molecule has 0 aromatic rings. The van der Waals surface area contributed by atoms with E-state index in [2.05, 4.69) is 0 Å². The second-order valence-corrected chi connectivity index (χ2v) is 4.72. The number of alkyl halides is 6. The van der Waals surface area contributed by atoms with Gasteiger partial charge in [0.05, 0.1) is 0 Å². The van der Waals surface area contributed by atoms with Crippen LogP contribution in [0.15, 0.2) is 0 Å². The smallest absolute Gasteiger partial charge is 0.373 e. The molecule has 0 aromatic heterocycles. The van der Waals surface area contributed by atoms with Crippen molar-refractivity contribution in [2.75, 3.05) is 6.54 Å². The van der Waals surface area contributed by atoms with Crippen molar-refractivity contribution in [3.8, 4) is 0 Å². The Morgan fingerprint density at radius 2 is 1.11 bits per heavy atom. The number of aliphatic hydroxyl groups is 1. The maximum Gasteiger partial charge on any atom is 0.427 e. The maximum absolute atomic E-state index is 12.5. The van der Waals surface area contributed by atoms with E-state index < -0.39 is 36.6 Å². The van der Waals surface area contributed by atoms with Crippen LogP contribution in [0, 0.1) is 0 Å². The third-order valence-corrected chi connectivity index (χ3v) is 2.68. The van der Waals surface area contributed by atoms with E-state index in [9.17, 15) is 26.3 Å². The van der Waals surface area contributed by atoms with Crippen molar-refractivity contribution >= 4 is 0 Å². The van der Waals surface area contributed by atoms with Crippen LogP contribution in [0.25, 0.3) is 0 Å². The van der Waals surface area contributed by atoms with Crippen LogP contribution < -0.4 is 0 Å². The predicted molar refractivity (Wildman–Crippen MR) is 54.0 cm³/mol. The molecule has 0 spiro atoms. The summed E-state index contributed by atoms with van der Waals surface area (Å²) in [5.41, 5.74) is -4.71. The third kappa shape index (κ3) is 4.79. The van der Waals surface area contributed by atoms with Gasteiger partial charge in [0.2, 0.25) is 0 Å². The Balaban J connectivity index is 0. The Morgan fingerprint density at radius 3 is 1.26 bits per heavy atom. The molecule has 0 aliphatic rings. The fourth-order valence-corrected chi connectivity index (χ4v) is 1.57. The molecule has 0 rings (SSSR count). The van der Waals surface area contributed by atoms with Gasteiger partial charge in [-0.1, -0.05) is 0 Å². The zero-order valence-corrected chi connectivity index (χ0v) is 11.8. The van der Waals surface area contributed by atoms with Crippen molar-refractivity contribution in [1.82, 2.24) is 4.90 Å². The molecule has 0 bridgehead atoms. The van der Waals surface area contributed by atoms with Crippen molar-refractivity contribution in [2.24, 2.45) is 0 Å². The van der Waals surface area contributed by atoms with Crippen LogP contribution in [0.4, 0.5) is 26.3 Å². The average Bonchev–Trinajstić information content (AvgIpc) is 2.08. The normalized spacial score (nSPS) is 14.2. The summed E-state index contributed by atoms with van der Waals surface area (Å²) in [7, 11) is 0. The molecule has 19 heavy (non-hydrogen) atoms. The van der Waals surface area contributed by atoms with E-state index in [0.717, 1.165) is 4.90 Å². The van der Waals surface area contributed by atoms with Gasteiger partial charge in [-0.05, 0) is 27.7 Å². The van der Waals surface area contributed by atoms with E-state index in [0.29, 0.717) is 0 Å². The van der Waals surface area contributed by atoms with Crippen molar-refractivity contribution in [3.05, 3.63) is 0 Å². The van der Waals surface area contributed by atoms with Gasteiger partial charge in [-0.2, -0.15) is 26.3 Å². The van der Waals surface area contributed by atoms with Crippen LogP contribution in [0.2, 0.25) is 0 Å². The molecule has 0 aliphatic heterocycles. The number of nitrogens with zero attached hydrogens (tertiary/aromatic N) is 1. The second kappa shape index (κ2) is 6.63. The molecule has 0 unspecified atom stereocenters. The molecule has 2 nitrogen and oxygen atoms in total. The molecule has 0 atom stereocenters. The van der Waals surface area contributed by atoms with Gasteiger partial charge < -0.3 is 5.11 Å². The van der Waals surface area contributed by atoms with Gasteiger partial charge in [-0.25, -0.2) is 0 Å². The van der Waals surface area contributed by atoms with Crippen molar-refractivity contribution < 1.29 is 47.9 Å². The summed E-state index contributed by atoms with van der Waals surface area (Å²) in [6.07, 6.45) is -11.5. The van der Waals surface area contributed by atoms with E-state index in [1.807, 2.05) is 0 Å². The van der Waals surface area contributed by atoms with Crippen LogP contribution in [0.1, 0.15) is 27.7 Å². The number of halogens is 6. The van der Waals surface area contributed by atoms with Crippen LogP contribution in [-0.2, 0) is 16.5 Å². The summed E-state index contributed by atoms with van der Waals surface area (Å²) in [5.74, 6) is 0. The van der Waals surface area contributed by atoms with Gasteiger partial charge in [0.1, 0.15) is 0 Å². The van der Waals surface area contributed by atoms with Crippen molar-refractivity contribution in [1.29, 1.82) is 0 Å². The van der Waals surface area contributed by atoms with Crippen molar-refractivity contribution in [3.63, 3.8) is 0 Å². The van der Waals surface area contributed by atoms with Crippen LogP contribution in [0.3, 0.4) is 0 Å². The minimum absolute atomic E-state index is 0. The molecule has 0 aromatic carbocycles. The molecule has 0 fully saturated rings. The first-order valence-corrected chi connectivity index (χ1v) is 5.35. The van der Waals surface area contributed by atoms with Crippen LogP contribution in [0.5, 0.6) is 0 Å². The van der Waals surface area contributed by atoms with E-state index in [1.165, 1.54) is 27.7 Å². The Hall–Kier alpha value is -0.00649. The quantitative estimate of drug-likeness (QED) is 0.628. The number of hydrogen-bond donors (Lipinski definition) is 1. The van der Waals surface area contributed by atoms with Crippen molar-refractivity contribution in [2.45, 2.75) is 57.7 Å². The molecule has 1 N–H and O–H groups in total. The zero-order chi connectivity index (χ0) is 14.9. The first-order chi connectivity index (χ1) is 7.74. The van der Waals surface area contributed by atoms with Gasteiger partial charge >= 0.3 is 12.4 Å². The molecule has 0 heterocycles. The topological polar surface area (TPSA) is 23.5 Å². The summed E-state index contributed by atoms with van der Waals surface area (Å²) in [6.45, 7) is 4.33. The van der Waals surface area contributed by atoms with E-state index in [1.54, 1.807) is 0 Å². The minimum atomic E-state index is -5.77. The number of hydrogen-bond acceptors (Lipinski definition) is 2. The SMILES string of the molecule is CC(C)N(CC(O)(C(F)(F)F)C(F)(F)F)C(C)C.[Ni]. The second-order valence-electron chi connectivity index (χ2n) is 4.72. The fraction of sp³-hybridized carbons (Fsp3) is 1.00. The summed E-state index contributed by atoms with van der Waals surface area (Å²) < 4.78 is 74.9. The Labute approximate surface area is 118 Å². The minimum Gasteiger partial charge on any atom is -0.373 e. The molecular formula is C10H17F6NNiO. The molecule has 0 saturated carbocycles. The van der Waals surface area contributed by atoms with Gasteiger partial charge in [0, 0.05) is 35.1 Å². The van der Waals surface area contributed by atoms with E-state index in [-0.39, 0.29) is 16.5 Å². The first kappa shape index (κ1) is 21.3. The summed E-state index contributed by atoms with van der Waals surface area (Å²) in [6, 6.07) is -1.11. The van der Waals surface area contributed by atoms with Gasteiger partial charge in [-0.15, -0.1) is 0 Å². The van der Waals surface area contributed by atoms with Gasteiger partial charge in [0.25, 0.3) is 5.60 Å². The number of rotatable bonds is 4. The molecule has 0 saturated heterocycles. The summed E-state index contributed by atoms with van der Waals surface area (Å²) in [4.78, 5) is 0.945. The zero-order valence-electron chi connectivity index (χ0n) is 10.8. The molecule has 0 amide bonds. The van der Waals surface area contributed by atoms with Gasteiger partial charge in [-0.3, -0.25) is 4.90 Å². The maximum atomic E-state index is 12.5. The van der Waals surface area contributed by atoms with Gasteiger partial charge in [0.15, 0.2) is 0 Å². The predicted octanol–water partition coefficient (Wildman–Crippen LogP) is 2.96. The van der Waals surface area contributed by atoms with Crippen LogP contribution >= 0.6 is 0 Å². The molecule has 0 aliphatic carbocycles. The van der Waals surface area contributed by atoms with E-state index >= 15 is 0 Å².